The third-order valence-electron chi connectivity index (χ3n) is 4.05. The lowest BCUT2D eigenvalue weighted by atomic mass is 10.0. The molecule has 0 radical (unpaired) electrons. The molecule has 20 heavy (non-hydrogen) atoms. The van der Waals surface area contributed by atoms with Crippen LogP contribution in [0.5, 0.6) is 0 Å². The first-order valence-electron chi connectivity index (χ1n) is 6.46. The molecule has 0 unspecified atom stereocenters. The standard InChI is InChI=1S/C12H13N5O3/c1-16-5-13-9-8(16)10(18)15-12(14-9)17-2-6-4-20-11(19)7(6)3-17/h5-7H,2-4H2,1H3,(H,14,15,18)/t6-,7-/m1/s1. The number of aryl methyl sites for hydroxylation is 1. The summed E-state index contributed by atoms with van der Waals surface area (Å²) in [5, 5.41) is 0. The van der Waals surface area contributed by atoms with E-state index in [9.17, 15) is 9.59 Å². The van der Waals surface area contributed by atoms with E-state index < -0.39 is 0 Å². The predicted molar refractivity (Wildman–Crippen MR) is 69.3 cm³/mol. The maximum atomic E-state index is 12.1. The molecule has 2 atom stereocenters. The highest BCUT2D eigenvalue weighted by Crippen LogP contribution is 2.31. The average molecular weight is 275 g/mol. The van der Waals surface area contributed by atoms with Gasteiger partial charge in [0.05, 0.1) is 18.9 Å². The van der Waals surface area contributed by atoms with E-state index in [1.807, 2.05) is 4.90 Å². The highest BCUT2D eigenvalue weighted by molar-refractivity contribution is 5.77. The Hall–Kier alpha value is -2.38. The minimum absolute atomic E-state index is 0.111. The second-order valence-electron chi connectivity index (χ2n) is 5.32. The van der Waals surface area contributed by atoms with Gasteiger partial charge in [0.15, 0.2) is 11.2 Å². The van der Waals surface area contributed by atoms with E-state index in [0.29, 0.717) is 36.8 Å². The number of hydrogen-bond acceptors (Lipinski definition) is 6. The van der Waals surface area contributed by atoms with E-state index in [0.717, 1.165) is 0 Å². The van der Waals surface area contributed by atoms with Crippen molar-refractivity contribution < 1.29 is 9.53 Å². The summed E-state index contributed by atoms with van der Waals surface area (Å²) >= 11 is 0. The molecule has 2 aromatic heterocycles. The van der Waals surface area contributed by atoms with Gasteiger partial charge in [-0.05, 0) is 0 Å². The minimum atomic E-state index is -0.218. The zero-order chi connectivity index (χ0) is 13.9. The summed E-state index contributed by atoms with van der Waals surface area (Å²) in [6.07, 6.45) is 1.56. The molecule has 0 spiro atoms. The summed E-state index contributed by atoms with van der Waals surface area (Å²) in [7, 11) is 1.75. The SMILES string of the molecule is Cn1cnc2nc(N3C[C@@H]4COC(=O)[C@@H]4C3)[nH]c(=O)c21. The second kappa shape index (κ2) is 3.81. The summed E-state index contributed by atoms with van der Waals surface area (Å²) in [5.74, 6) is 0.397. The lowest BCUT2D eigenvalue weighted by Crippen LogP contribution is -2.27. The minimum Gasteiger partial charge on any atom is -0.465 e. The molecule has 0 aromatic carbocycles. The molecule has 0 saturated carbocycles. The first-order valence-corrected chi connectivity index (χ1v) is 6.46. The number of rotatable bonds is 1. The van der Waals surface area contributed by atoms with Gasteiger partial charge in [0.1, 0.15) is 0 Å². The van der Waals surface area contributed by atoms with Crippen molar-refractivity contribution in [1.29, 1.82) is 0 Å². The number of carbonyl (C=O) groups is 1. The number of cyclic esters (lactones) is 1. The third-order valence-corrected chi connectivity index (χ3v) is 4.05. The predicted octanol–water partition coefficient (Wildman–Crippen LogP) is -0.734. The number of ether oxygens (including phenoxy) is 1. The fourth-order valence-corrected chi connectivity index (χ4v) is 2.98. The van der Waals surface area contributed by atoms with Crippen molar-refractivity contribution in [2.75, 3.05) is 24.6 Å². The maximum Gasteiger partial charge on any atom is 0.311 e. The summed E-state index contributed by atoms with van der Waals surface area (Å²) < 4.78 is 6.67. The first-order chi connectivity index (χ1) is 9.63. The lowest BCUT2D eigenvalue weighted by Gasteiger charge is -2.17. The van der Waals surface area contributed by atoms with Gasteiger partial charge >= 0.3 is 5.97 Å². The Balaban J connectivity index is 1.73. The number of nitrogens with one attached hydrogen (secondary N) is 1. The van der Waals surface area contributed by atoms with Crippen LogP contribution in [0.15, 0.2) is 11.1 Å². The molecule has 1 N–H and O–H groups in total. The Morgan fingerprint density at radius 1 is 1.40 bits per heavy atom. The Labute approximate surface area is 113 Å². The maximum absolute atomic E-state index is 12.1. The molecule has 0 bridgehead atoms. The normalized spacial score (nSPS) is 25.2. The number of aromatic amines is 1. The van der Waals surface area contributed by atoms with Gasteiger partial charge in [-0.25, -0.2) is 4.98 Å². The number of aromatic nitrogens is 4. The van der Waals surface area contributed by atoms with Gasteiger partial charge in [0, 0.05) is 26.1 Å². The van der Waals surface area contributed by atoms with E-state index >= 15 is 0 Å². The molecule has 4 rings (SSSR count). The Bertz CT molecular complexity index is 764. The van der Waals surface area contributed by atoms with Gasteiger partial charge in [-0.1, -0.05) is 0 Å². The number of esters is 1. The van der Waals surface area contributed by atoms with E-state index in [1.165, 1.54) is 0 Å². The van der Waals surface area contributed by atoms with Gasteiger partial charge in [0.25, 0.3) is 5.56 Å². The van der Waals surface area contributed by atoms with Crippen LogP contribution in [-0.4, -0.2) is 45.2 Å². The van der Waals surface area contributed by atoms with Crippen molar-refractivity contribution in [3.05, 3.63) is 16.7 Å². The fourth-order valence-electron chi connectivity index (χ4n) is 2.98. The second-order valence-corrected chi connectivity index (χ2v) is 5.32. The highest BCUT2D eigenvalue weighted by Gasteiger charge is 2.44. The zero-order valence-electron chi connectivity index (χ0n) is 10.9. The van der Waals surface area contributed by atoms with E-state index in [1.54, 1.807) is 17.9 Å². The van der Waals surface area contributed by atoms with Crippen LogP contribution in [0.4, 0.5) is 5.95 Å². The van der Waals surface area contributed by atoms with Gasteiger partial charge in [-0.2, -0.15) is 4.98 Å². The zero-order valence-corrected chi connectivity index (χ0v) is 10.9. The van der Waals surface area contributed by atoms with Crippen molar-refractivity contribution in [1.82, 2.24) is 19.5 Å². The van der Waals surface area contributed by atoms with Crippen LogP contribution in [0, 0.1) is 11.8 Å². The van der Waals surface area contributed by atoms with Crippen LogP contribution in [0.3, 0.4) is 0 Å². The smallest absolute Gasteiger partial charge is 0.311 e. The van der Waals surface area contributed by atoms with Crippen molar-refractivity contribution in [3.63, 3.8) is 0 Å². The Morgan fingerprint density at radius 2 is 2.25 bits per heavy atom. The molecular formula is C12H13N5O3. The van der Waals surface area contributed by atoms with Crippen LogP contribution >= 0.6 is 0 Å². The molecule has 2 saturated heterocycles. The van der Waals surface area contributed by atoms with Crippen LogP contribution in [-0.2, 0) is 16.6 Å². The van der Waals surface area contributed by atoms with Gasteiger partial charge in [0.2, 0.25) is 5.95 Å². The van der Waals surface area contributed by atoms with Crippen LogP contribution < -0.4 is 10.5 Å². The molecular weight excluding hydrogens is 262 g/mol. The van der Waals surface area contributed by atoms with E-state index in [-0.39, 0.29) is 23.4 Å². The van der Waals surface area contributed by atoms with E-state index in [2.05, 4.69) is 15.0 Å². The van der Waals surface area contributed by atoms with Crippen LogP contribution in [0.1, 0.15) is 0 Å². The lowest BCUT2D eigenvalue weighted by molar-refractivity contribution is -0.140. The average Bonchev–Trinajstić information content (AvgIpc) is 3.07. The number of nitrogens with zero attached hydrogens (tertiary/aromatic N) is 4. The summed E-state index contributed by atoms with van der Waals surface area (Å²) in [5.41, 5.74) is 0.656. The number of fused-ring (bicyclic) bond motifs is 2. The van der Waals surface area contributed by atoms with Crippen molar-refractivity contribution in [3.8, 4) is 0 Å². The fraction of sp³-hybridized carbons (Fsp3) is 0.500. The molecule has 2 aromatic rings. The van der Waals surface area contributed by atoms with Crippen LogP contribution in [0.2, 0.25) is 0 Å². The molecule has 0 amide bonds. The molecule has 2 fully saturated rings. The molecule has 2 aliphatic heterocycles. The van der Waals surface area contributed by atoms with Gasteiger partial charge in [-0.3, -0.25) is 14.6 Å². The molecule has 4 heterocycles. The number of imidazole rings is 1. The molecule has 8 nitrogen and oxygen atoms in total. The van der Waals surface area contributed by atoms with Crippen molar-refractivity contribution >= 4 is 23.1 Å². The Kier molecular flexibility index (Phi) is 2.18. The quantitative estimate of drug-likeness (QED) is 0.689. The van der Waals surface area contributed by atoms with E-state index in [4.69, 9.17) is 4.74 Å². The highest BCUT2D eigenvalue weighted by atomic mass is 16.5. The van der Waals surface area contributed by atoms with Crippen molar-refractivity contribution in [2.24, 2.45) is 18.9 Å². The Morgan fingerprint density at radius 3 is 3.05 bits per heavy atom. The van der Waals surface area contributed by atoms with Gasteiger partial charge in [-0.15, -0.1) is 0 Å². The topological polar surface area (TPSA) is 93.1 Å². The van der Waals surface area contributed by atoms with Crippen molar-refractivity contribution in [2.45, 2.75) is 0 Å². The number of hydrogen-bond donors (Lipinski definition) is 1. The summed E-state index contributed by atoms with van der Waals surface area (Å²) in [6.45, 7) is 1.65. The summed E-state index contributed by atoms with van der Waals surface area (Å²) in [4.78, 5) is 36.8. The van der Waals surface area contributed by atoms with Gasteiger partial charge < -0.3 is 14.2 Å². The monoisotopic (exact) mass is 275 g/mol. The first kappa shape index (κ1) is 11.4. The number of carbonyl (C=O) groups excluding carboxylic acids is 1. The molecule has 0 aliphatic carbocycles. The largest absolute Gasteiger partial charge is 0.465 e. The third kappa shape index (κ3) is 1.47. The van der Waals surface area contributed by atoms with Crippen LogP contribution in [0.25, 0.3) is 11.2 Å². The summed E-state index contributed by atoms with van der Waals surface area (Å²) in [6, 6.07) is 0. The molecule has 2 aliphatic rings. The molecule has 104 valence electrons. The number of H-pyrrole nitrogens is 1. The number of anilines is 1. The molecule has 8 heteroatoms.